The molecule has 0 fully saturated rings. The smallest absolute Gasteiger partial charge is 0.0704 e. The van der Waals surface area contributed by atoms with Crippen molar-refractivity contribution in [3.05, 3.63) is 127 Å². The lowest BCUT2D eigenvalue weighted by atomic mass is 10.0. The van der Waals surface area contributed by atoms with Crippen LogP contribution in [-0.4, -0.2) is 9.55 Å². The predicted octanol–water partition coefficient (Wildman–Crippen LogP) is 8.85. The molecular formula is C32H30N2. The van der Waals surface area contributed by atoms with Gasteiger partial charge in [0.25, 0.3) is 0 Å². The highest BCUT2D eigenvalue weighted by atomic mass is 15.0. The van der Waals surface area contributed by atoms with E-state index in [1.165, 1.54) is 38.5 Å². The summed E-state index contributed by atoms with van der Waals surface area (Å²) in [5.74, 6) is 0. The highest BCUT2D eigenvalue weighted by Gasteiger charge is 2.10. The zero-order valence-corrected chi connectivity index (χ0v) is 20.1. The van der Waals surface area contributed by atoms with Crippen LogP contribution in [0.4, 0.5) is 0 Å². The van der Waals surface area contributed by atoms with Gasteiger partial charge in [-0.3, -0.25) is 4.98 Å². The zero-order valence-electron chi connectivity index (χ0n) is 20.1. The molecule has 3 aromatic carbocycles. The molecule has 0 N–H and O–H groups in total. The molecule has 0 aliphatic heterocycles. The molecule has 0 amide bonds. The molecule has 0 bridgehead atoms. The van der Waals surface area contributed by atoms with E-state index in [0.29, 0.717) is 0 Å². The van der Waals surface area contributed by atoms with Crippen LogP contribution < -0.4 is 0 Å². The Morgan fingerprint density at radius 3 is 2.35 bits per heavy atom. The van der Waals surface area contributed by atoms with Gasteiger partial charge in [-0.2, -0.15) is 0 Å². The Hall–Kier alpha value is -4.17. The van der Waals surface area contributed by atoms with E-state index in [9.17, 15) is 0 Å². The molecule has 0 aliphatic rings. The van der Waals surface area contributed by atoms with E-state index in [1.807, 2.05) is 37.4 Å². The maximum atomic E-state index is 4.53. The van der Waals surface area contributed by atoms with Crippen molar-refractivity contribution < 1.29 is 0 Å². The monoisotopic (exact) mass is 442 g/mol. The molecule has 5 rings (SSSR count). The molecule has 34 heavy (non-hydrogen) atoms. The number of benzene rings is 3. The summed E-state index contributed by atoms with van der Waals surface area (Å²) in [6.07, 6.45) is 11.8. The molecule has 0 saturated heterocycles. The van der Waals surface area contributed by atoms with Crippen LogP contribution in [0, 0.1) is 13.8 Å². The van der Waals surface area contributed by atoms with Crippen LogP contribution in [0.3, 0.4) is 0 Å². The Bertz CT molecular complexity index is 1480. The van der Waals surface area contributed by atoms with E-state index in [4.69, 9.17) is 0 Å². The molecule has 2 heteroatoms. The van der Waals surface area contributed by atoms with Crippen molar-refractivity contribution >= 4 is 34.1 Å². The second-order valence-electron chi connectivity index (χ2n) is 8.22. The van der Waals surface area contributed by atoms with Gasteiger partial charge in [0.05, 0.1) is 16.7 Å². The summed E-state index contributed by atoms with van der Waals surface area (Å²) in [6.45, 7) is 9.73. The molecule has 5 aromatic rings. The summed E-state index contributed by atoms with van der Waals surface area (Å²) < 4.78 is 2.31. The summed E-state index contributed by atoms with van der Waals surface area (Å²) in [7, 11) is 0. The SMILES string of the molecule is C=C/C=C\C.Cc1ccc(/C=C/n2c3ccccc3c3cccc(C)c32)cc1-c1ccccn1. The van der Waals surface area contributed by atoms with E-state index in [2.05, 4.69) is 109 Å². The Kier molecular flexibility index (Phi) is 7.19. The van der Waals surface area contributed by atoms with E-state index < -0.39 is 0 Å². The number of aryl methyl sites for hydroxylation is 2. The molecule has 0 unspecified atom stereocenters. The number of rotatable bonds is 4. The maximum absolute atomic E-state index is 4.53. The molecule has 0 radical (unpaired) electrons. The molecule has 0 aliphatic carbocycles. The molecule has 0 spiro atoms. The number of nitrogens with zero attached hydrogens (tertiary/aromatic N) is 2. The van der Waals surface area contributed by atoms with E-state index in [0.717, 1.165) is 11.3 Å². The third kappa shape index (κ3) is 4.77. The normalized spacial score (nSPS) is 11.3. The minimum atomic E-state index is 1.01. The summed E-state index contributed by atoms with van der Waals surface area (Å²) >= 11 is 0. The van der Waals surface area contributed by atoms with Crippen LogP contribution >= 0.6 is 0 Å². The second-order valence-corrected chi connectivity index (χ2v) is 8.22. The van der Waals surface area contributed by atoms with Crippen molar-refractivity contribution in [2.75, 3.05) is 0 Å². The first kappa shape index (κ1) is 23.0. The van der Waals surface area contributed by atoms with E-state index in [-0.39, 0.29) is 0 Å². The molecule has 2 nitrogen and oxygen atoms in total. The number of para-hydroxylation sites is 2. The van der Waals surface area contributed by atoms with Crippen LogP contribution in [-0.2, 0) is 0 Å². The lowest BCUT2D eigenvalue weighted by Gasteiger charge is -2.07. The first-order valence-electron chi connectivity index (χ1n) is 11.6. The van der Waals surface area contributed by atoms with Gasteiger partial charge in [-0.25, -0.2) is 0 Å². The van der Waals surface area contributed by atoms with Gasteiger partial charge >= 0.3 is 0 Å². The van der Waals surface area contributed by atoms with Gasteiger partial charge < -0.3 is 4.57 Å². The standard InChI is InChI=1S/C27H22N2.C5H8/c1-19-13-14-21(18-24(19)25-11-5-6-16-28-25)15-17-29-26-12-4-3-9-22(26)23-10-7-8-20(2)27(23)29;1-3-5-4-2/h3-18H,1-2H3;3-5H,1H2,2H3/b17-15+;5-4-. The minimum Gasteiger partial charge on any atom is -0.316 e. The topological polar surface area (TPSA) is 17.8 Å². The number of pyridine rings is 1. The number of hydrogen-bond donors (Lipinski definition) is 0. The van der Waals surface area contributed by atoms with Crippen molar-refractivity contribution in [3.63, 3.8) is 0 Å². The van der Waals surface area contributed by atoms with Gasteiger partial charge in [0.1, 0.15) is 0 Å². The highest BCUT2D eigenvalue weighted by molar-refractivity contribution is 6.10. The fraction of sp³-hybridized carbons (Fsp3) is 0.0938. The fourth-order valence-electron chi connectivity index (χ4n) is 4.22. The van der Waals surface area contributed by atoms with Gasteiger partial charge in [0.15, 0.2) is 0 Å². The van der Waals surface area contributed by atoms with Gasteiger partial charge in [-0.05, 0) is 67.8 Å². The molecule has 0 atom stereocenters. The quantitative estimate of drug-likeness (QED) is 0.254. The Balaban J connectivity index is 0.000000499. The zero-order chi connectivity index (χ0) is 23.9. The number of allylic oxidation sites excluding steroid dienone is 3. The maximum Gasteiger partial charge on any atom is 0.0704 e. The van der Waals surface area contributed by atoms with Crippen molar-refractivity contribution in [3.8, 4) is 11.3 Å². The summed E-state index contributed by atoms with van der Waals surface area (Å²) in [4.78, 5) is 4.53. The van der Waals surface area contributed by atoms with Crippen LogP contribution in [0.15, 0.2) is 110 Å². The third-order valence-corrected chi connectivity index (χ3v) is 5.88. The molecule has 2 heterocycles. The van der Waals surface area contributed by atoms with Crippen LogP contribution in [0.25, 0.3) is 45.3 Å². The van der Waals surface area contributed by atoms with Gasteiger partial charge in [-0.15, -0.1) is 0 Å². The average molecular weight is 443 g/mol. The first-order valence-corrected chi connectivity index (χ1v) is 11.6. The molecule has 2 aromatic heterocycles. The van der Waals surface area contributed by atoms with Crippen molar-refractivity contribution in [1.82, 2.24) is 9.55 Å². The number of hydrogen-bond acceptors (Lipinski definition) is 1. The minimum absolute atomic E-state index is 1.01. The summed E-state index contributed by atoms with van der Waals surface area (Å²) in [6, 6.07) is 27.7. The third-order valence-electron chi connectivity index (χ3n) is 5.88. The largest absolute Gasteiger partial charge is 0.316 e. The van der Waals surface area contributed by atoms with Crippen LogP contribution in [0.1, 0.15) is 23.6 Å². The predicted molar refractivity (Wildman–Crippen MR) is 149 cm³/mol. The van der Waals surface area contributed by atoms with Crippen molar-refractivity contribution in [2.24, 2.45) is 0 Å². The lowest BCUT2D eigenvalue weighted by Crippen LogP contribution is -1.89. The Morgan fingerprint density at radius 2 is 1.62 bits per heavy atom. The molecule has 0 saturated carbocycles. The Morgan fingerprint density at radius 1 is 0.824 bits per heavy atom. The van der Waals surface area contributed by atoms with Gasteiger partial charge in [0.2, 0.25) is 0 Å². The number of fused-ring (bicyclic) bond motifs is 3. The Labute approximate surface area is 202 Å². The van der Waals surface area contributed by atoms with Crippen molar-refractivity contribution in [2.45, 2.75) is 20.8 Å². The highest BCUT2D eigenvalue weighted by Crippen LogP contribution is 2.31. The average Bonchev–Trinajstić information content (AvgIpc) is 3.20. The summed E-state index contributed by atoms with van der Waals surface area (Å²) in [5, 5.41) is 2.58. The molecule has 168 valence electrons. The van der Waals surface area contributed by atoms with E-state index >= 15 is 0 Å². The lowest BCUT2D eigenvalue weighted by molar-refractivity contribution is 1.27. The van der Waals surface area contributed by atoms with Gasteiger partial charge in [-0.1, -0.05) is 79.4 Å². The van der Waals surface area contributed by atoms with E-state index in [1.54, 1.807) is 6.08 Å². The molecular weight excluding hydrogens is 412 g/mol. The fourth-order valence-corrected chi connectivity index (χ4v) is 4.22. The number of aromatic nitrogens is 2. The second kappa shape index (κ2) is 10.6. The van der Waals surface area contributed by atoms with Gasteiger partial charge in [0, 0.05) is 28.7 Å². The van der Waals surface area contributed by atoms with Crippen LogP contribution in [0.5, 0.6) is 0 Å². The first-order chi connectivity index (χ1) is 16.6. The van der Waals surface area contributed by atoms with Crippen LogP contribution in [0.2, 0.25) is 0 Å². The summed E-state index contributed by atoms with van der Waals surface area (Å²) in [5.41, 5.74) is 8.34. The van der Waals surface area contributed by atoms with Crippen molar-refractivity contribution in [1.29, 1.82) is 0 Å².